The molecule has 2 atom stereocenters. The van der Waals surface area contributed by atoms with E-state index in [1.165, 1.54) is 11.8 Å². The van der Waals surface area contributed by atoms with Crippen molar-refractivity contribution in [3.63, 3.8) is 0 Å². The lowest BCUT2D eigenvalue weighted by Gasteiger charge is -2.22. The van der Waals surface area contributed by atoms with E-state index in [2.05, 4.69) is 5.32 Å². The minimum Gasteiger partial charge on any atom is -0.481 e. The fourth-order valence-corrected chi connectivity index (χ4v) is 1.99. The van der Waals surface area contributed by atoms with E-state index in [0.717, 1.165) is 5.56 Å². The second-order valence-corrected chi connectivity index (χ2v) is 4.88. The molecule has 0 aliphatic heterocycles. The summed E-state index contributed by atoms with van der Waals surface area (Å²) < 4.78 is 0. The van der Waals surface area contributed by atoms with Crippen molar-refractivity contribution in [2.24, 2.45) is 5.92 Å². The molecule has 0 radical (unpaired) electrons. The number of thioether (sulfide) groups is 1. The van der Waals surface area contributed by atoms with Crippen LogP contribution in [0.3, 0.4) is 0 Å². The number of nitrogens with one attached hydrogen (secondary N) is 1. The van der Waals surface area contributed by atoms with Gasteiger partial charge in [0.1, 0.15) is 0 Å². The van der Waals surface area contributed by atoms with Crippen LogP contribution in [0.4, 0.5) is 0 Å². The van der Waals surface area contributed by atoms with Crippen molar-refractivity contribution in [3.8, 4) is 0 Å². The van der Waals surface area contributed by atoms with Gasteiger partial charge in [-0.2, -0.15) is 11.8 Å². The third-order valence-corrected chi connectivity index (χ3v) is 3.19. The molecule has 0 spiro atoms. The van der Waals surface area contributed by atoms with Crippen molar-refractivity contribution < 1.29 is 14.7 Å². The monoisotopic (exact) mass is 267 g/mol. The summed E-state index contributed by atoms with van der Waals surface area (Å²) >= 11 is 1.41. The van der Waals surface area contributed by atoms with Crippen LogP contribution in [0.5, 0.6) is 0 Å². The predicted octanol–water partition coefficient (Wildman–Crippen LogP) is 1.93. The van der Waals surface area contributed by atoms with Crippen molar-refractivity contribution in [1.82, 2.24) is 5.32 Å². The number of aliphatic carboxylic acids is 1. The second-order valence-electron chi connectivity index (χ2n) is 4.02. The molecule has 1 aromatic carbocycles. The van der Waals surface area contributed by atoms with E-state index in [4.69, 9.17) is 5.11 Å². The van der Waals surface area contributed by atoms with Gasteiger partial charge in [0.25, 0.3) is 0 Å². The first-order valence-corrected chi connectivity index (χ1v) is 7.01. The molecule has 0 aliphatic rings. The summed E-state index contributed by atoms with van der Waals surface area (Å²) in [6.45, 7) is 1.60. The standard InChI is InChI=1S/C13H17NO3S/c1-9(13(16)17)12(14-11(15)8-18-2)10-6-4-3-5-7-10/h3-7,9,12H,8H2,1-2H3,(H,14,15)(H,16,17)/t9-,12+/m0/s1. The number of carboxylic acid groups (broad SMARTS) is 1. The topological polar surface area (TPSA) is 66.4 Å². The van der Waals surface area contributed by atoms with Crippen molar-refractivity contribution >= 4 is 23.6 Å². The maximum absolute atomic E-state index is 11.6. The van der Waals surface area contributed by atoms with Crippen LogP contribution in [-0.4, -0.2) is 29.0 Å². The minimum absolute atomic E-state index is 0.149. The molecule has 0 bridgehead atoms. The normalized spacial score (nSPS) is 13.7. The van der Waals surface area contributed by atoms with E-state index < -0.39 is 17.9 Å². The van der Waals surface area contributed by atoms with Crippen LogP contribution in [0, 0.1) is 5.92 Å². The first-order chi connectivity index (χ1) is 8.56. The third kappa shape index (κ3) is 4.07. The van der Waals surface area contributed by atoms with Gasteiger partial charge in [0.05, 0.1) is 17.7 Å². The molecular formula is C13H17NO3S. The molecule has 4 nitrogen and oxygen atoms in total. The summed E-state index contributed by atoms with van der Waals surface area (Å²) in [5.74, 6) is -1.41. The Morgan fingerprint density at radius 1 is 1.33 bits per heavy atom. The highest BCUT2D eigenvalue weighted by Crippen LogP contribution is 2.22. The molecule has 2 N–H and O–H groups in total. The summed E-state index contributed by atoms with van der Waals surface area (Å²) in [5.41, 5.74) is 0.807. The summed E-state index contributed by atoms with van der Waals surface area (Å²) in [6.07, 6.45) is 1.83. The molecular weight excluding hydrogens is 250 g/mol. The summed E-state index contributed by atoms with van der Waals surface area (Å²) in [6, 6.07) is 8.67. The number of hydrogen-bond donors (Lipinski definition) is 2. The Morgan fingerprint density at radius 2 is 1.94 bits per heavy atom. The van der Waals surface area contributed by atoms with Gasteiger partial charge < -0.3 is 10.4 Å². The zero-order chi connectivity index (χ0) is 13.5. The first kappa shape index (κ1) is 14.6. The molecule has 1 rings (SSSR count). The highest BCUT2D eigenvalue weighted by atomic mass is 32.2. The van der Waals surface area contributed by atoms with Crippen molar-refractivity contribution in [3.05, 3.63) is 35.9 Å². The smallest absolute Gasteiger partial charge is 0.308 e. The van der Waals surface area contributed by atoms with E-state index in [0.29, 0.717) is 5.75 Å². The molecule has 0 aliphatic carbocycles. The van der Waals surface area contributed by atoms with Crippen molar-refractivity contribution in [2.75, 3.05) is 12.0 Å². The number of carboxylic acids is 1. The van der Waals surface area contributed by atoms with Crippen LogP contribution in [0.2, 0.25) is 0 Å². The lowest BCUT2D eigenvalue weighted by molar-refractivity contribution is -0.142. The molecule has 0 aromatic heterocycles. The number of carbonyl (C=O) groups is 2. The molecule has 0 unspecified atom stereocenters. The zero-order valence-corrected chi connectivity index (χ0v) is 11.2. The maximum Gasteiger partial charge on any atom is 0.308 e. The Kier molecular flexibility index (Phi) is 5.71. The second kappa shape index (κ2) is 7.06. The van der Waals surface area contributed by atoms with Crippen LogP contribution in [0.15, 0.2) is 30.3 Å². The Bertz CT molecular complexity index is 408. The van der Waals surface area contributed by atoms with Crippen LogP contribution in [-0.2, 0) is 9.59 Å². The number of hydrogen-bond acceptors (Lipinski definition) is 3. The Morgan fingerprint density at radius 3 is 2.44 bits per heavy atom. The first-order valence-electron chi connectivity index (χ1n) is 5.62. The van der Waals surface area contributed by atoms with Crippen molar-refractivity contribution in [2.45, 2.75) is 13.0 Å². The molecule has 5 heteroatoms. The molecule has 0 fully saturated rings. The summed E-state index contributed by atoms with van der Waals surface area (Å²) in [5, 5.41) is 11.9. The molecule has 0 saturated carbocycles. The average molecular weight is 267 g/mol. The molecule has 0 heterocycles. The number of rotatable bonds is 6. The number of carbonyl (C=O) groups excluding carboxylic acids is 1. The fourth-order valence-electron chi connectivity index (χ4n) is 1.65. The Labute approximate surface area is 111 Å². The lowest BCUT2D eigenvalue weighted by Crippen LogP contribution is -2.36. The number of amides is 1. The van der Waals surface area contributed by atoms with Gasteiger partial charge in [-0.1, -0.05) is 30.3 Å². The van der Waals surface area contributed by atoms with E-state index in [9.17, 15) is 9.59 Å². The van der Waals surface area contributed by atoms with Gasteiger partial charge in [0, 0.05) is 0 Å². The molecule has 0 saturated heterocycles. The highest BCUT2D eigenvalue weighted by Gasteiger charge is 2.26. The highest BCUT2D eigenvalue weighted by molar-refractivity contribution is 7.99. The van der Waals surface area contributed by atoms with Crippen LogP contribution >= 0.6 is 11.8 Å². The van der Waals surface area contributed by atoms with E-state index in [1.54, 1.807) is 6.92 Å². The number of benzene rings is 1. The van der Waals surface area contributed by atoms with Crippen molar-refractivity contribution in [1.29, 1.82) is 0 Å². The molecule has 98 valence electrons. The summed E-state index contributed by atoms with van der Waals surface area (Å²) in [4.78, 5) is 22.7. The van der Waals surface area contributed by atoms with Gasteiger partial charge in [-0.05, 0) is 18.7 Å². The maximum atomic E-state index is 11.6. The Hall–Kier alpha value is -1.49. The zero-order valence-electron chi connectivity index (χ0n) is 10.4. The quantitative estimate of drug-likeness (QED) is 0.826. The lowest BCUT2D eigenvalue weighted by atomic mass is 9.94. The van der Waals surface area contributed by atoms with Gasteiger partial charge >= 0.3 is 5.97 Å². The minimum atomic E-state index is -0.923. The molecule has 1 aromatic rings. The van der Waals surface area contributed by atoms with Crippen LogP contribution in [0.25, 0.3) is 0 Å². The fraction of sp³-hybridized carbons (Fsp3) is 0.385. The van der Waals surface area contributed by atoms with E-state index in [1.807, 2.05) is 36.6 Å². The van der Waals surface area contributed by atoms with E-state index >= 15 is 0 Å². The van der Waals surface area contributed by atoms with Gasteiger partial charge in [-0.25, -0.2) is 0 Å². The SMILES string of the molecule is CSCC(=O)N[C@@H](c1ccccc1)[C@H](C)C(=O)O. The molecule has 1 amide bonds. The molecule has 18 heavy (non-hydrogen) atoms. The van der Waals surface area contributed by atoms with Gasteiger partial charge in [0.15, 0.2) is 0 Å². The third-order valence-electron chi connectivity index (χ3n) is 2.64. The van der Waals surface area contributed by atoms with Gasteiger partial charge in [0.2, 0.25) is 5.91 Å². The van der Waals surface area contributed by atoms with Gasteiger partial charge in [-0.3, -0.25) is 9.59 Å². The van der Waals surface area contributed by atoms with Crippen LogP contribution in [0.1, 0.15) is 18.5 Å². The predicted molar refractivity (Wildman–Crippen MR) is 72.5 cm³/mol. The van der Waals surface area contributed by atoms with E-state index in [-0.39, 0.29) is 5.91 Å². The van der Waals surface area contributed by atoms with Crippen LogP contribution < -0.4 is 5.32 Å². The summed E-state index contributed by atoms with van der Waals surface area (Å²) in [7, 11) is 0. The largest absolute Gasteiger partial charge is 0.481 e. The van der Waals surface area contributed by atoms with Gasteiger partial charge in [-0.15, -0.1) is 0 Å². The average Bonchev–Trinajstić information content (AvgIpc) is 2.36. The Balaban J connectivity index is 2.89.